The number of nitrogens with one attached hydrogen (secondary N) is 1. The van der Waals surface area contributed by atoms with Crippen molar-refractivity contribution in [1.82, 2.24) is 4.72 Å². The average molecular weight is 280 g/mol. The molecule has 1 unspecified atom stereocenters. The summed E-state index contributed by atoms with van der Waals surface area (Å²) in [6.45, 7) is 1.99. The van der Waals surface area contributed by atoms with Crippen LogP contribution in [0.5, 0.6) is 0 Å². The lowest BCUT2D eigenvalue weighted by molar-refractivity contribution is 0.522. The highest BCUT2D eigenvalue weighted by molar-refractivity contribution is 7.89. The van der Waals surface area contributed by atoms with Gasteiger partial charge in [0.25, 0.3) is 0 Å². The quantitative estimate of drug-likeness (QED) is 0.656. The molecule has 1 aromatic carbocycles. The number of hydrogen-bond acceptors (Lipinski definition) is 3. The summed E-state index contributed by atoms with van der Waals surface area (Å²) in [5.41, 5.74) is 7.37. The molecule has 104 valence electrons. The van der Waals surface area contributed by atoms with Crippen molar-refractivity contribution in [2.75, 3.05) is 5.73 Å². The molecule has 4 nitrogen and oxygen atoms in total. The van der Waals surface area contributed by atoms with Gasteiger partial charge in [-0.05, 0) is 43.4 Å². The van der Waals surface area contributed by atoms with E-state index >= 15 is 0 Å². The Morgan fingerprint density at radius 3 is 2.74 bits per heavy atom. The third-order valence-corrected chi connectivity index (χ3v) is 4.92. The normalized spacial score (nSPS) is 19.5. The SMILES string of the molecule is CCc1ccc(S(=O)(=O)NC2CC=CCC2)cc1N. The van der Waals surface area contributed by atoms with Gasteiger partial charge in [0.2, 0.25) is 10.0 Å². The van der Waals surface area contributed by atoms with E-state index in [1.54, 1.807) is 18.2 Å². The second kappa shape index (κ2) is 5.75. The van der Waals surface area contributed by atoms with E-state index in [9.17, 15) is 8.42 Å². The molecule has 0 radical (unpaired) electrons. The number of allylic oxidation sites excluding steroid dienone is 1. The number of nitrogen functional groups attached to an aromatic ring is 1. The fourth-order valence-electron chi connectivity index (χ4n) is 2.25. The minimum atomic E-state index is -3.47. The van der Waals surface area contributed by atoms with Crippen molar-refractivity contribution < 1.29 is 8.42 Å². The van der Waals surface area contributed by atoms with Gasteiger partial charge in [-0.2, -0.15) is 0 Å². The summed E-state index contributed by atoms with van der Waals surface area (Å²) >= 11 is 0. The summed E-state index contributed by atoms with van der Waals surface area (Å²) in [6, 6.07) is 4.93. The van der Waals surface area contributed by atoms with Crippen LogP contribution in [0.3, 0.4) is 0 Å². The van der Waals surface area contributed by atoms with Crippen molar-refractivity contribution in [3.05, 3.63) is 35.9 Å². The molecule has 0 fully saturated rings. The number of rotatable bonds is 4. The molecule has 0 amide bonds. The van der Waals surface area contributed by atoms with Gasteiger partial charge in [0.1, 0.15) is 0 Å². The van der Waals surface area contributed by atoms with Gasteiger partial charge in [-0.15, -0.1) is 0 Å². The van der Waals surface area contributed by atoms with Crippen LogP contribution in [-0.2, 0) is 16.4 Å². The Morgan fingerprint density at radius 2 is 2.16 bits per heavy atom. The van der Waals surface area contributed by atoms with E-state index in [2.05, 4.69) is 10.8 Å². The average Bonchev–Trinajstić information content (AvgIpc) is 2.39. The van der Waals surface area contributed by atoms with Gasteiger partial charge in [-0.25, -0.2) is 13.1 Å². The number of aryl methyl sites for hydroxylation is 1. The fraction of sp³-hybridized carbons (Fsp3) is 0.429. The highest BCUT2D eigenvalue weighted by Gasteiger charge is 2.20. The van der Waals surface area contributed by atoms with Gasteiger partial charge in [0, 0.05) is 11.7 Å². The van der Waals surface area contributed by atoms with Gasteiger partial charge in [-0.3, -0.25) is 0 Å². The maximum absolute atomic E-state index is 12.3. The Morgan fingerprint density at radius 1 is 1.37 bits per heavy atom. The van der Waals surface area contributed by atoms with Gasteiger partial charge >= 0.3 is 0 Å². The lowest BCUT2D eigenvalue weighted by Crippen LogP contribution is -2.35. The van der Waals surface area contributed by atoms with Crippen molar-refractivity contribution in [3.8, 4) is 0 Å². The smallest absolute Gasteiger partial charge is 0.240 e. The first-order chi connectivity index (χ1) is 9.03. The van der Waals surface area contributed by atoms with Gasteiger partial charge < -0.3 is 5.73 Å². The highest BCUT2D eigenvalue weighted by Crippen LogP contribution is 2.20. The van der Waals surface area contributed by atoms with E-state index in [1.165, 1.54) is 0 Å². The largest absolute Gasteiger partial charge is 0.398 e. The molecular weight excluding hydrogens is 260 g/mol. The highest BCUT2D eigenvalue weighted by atomic mass is 32.2. The zero-order valence-electron chi connectivity index (χ0n) is 11.1. The van der Waals surface area contributed by atoms with Crippen LogP contribution < -0.4 is 10.5 Å². The molecule has 2 rings (SSSR count). The Labute approximate surface area is 114 Å². The number of benzene rings is 1. The van der Waals surface area contributed by atoms with Crippen LogP contribution in [-0.4, -0.2) is 14.5 Å². The lowest BCUT2D eigenvalue weighted by Gasteiger charge is -2.19. The van der Waals surface area contributed by atoms with Gasteiger partial charge in [0.15, 0.2) is 0 Å². The molecule has 19 heavy (non-hydrogen) atoms. The summed E-state index contributed by atoms with van der Waals surface area (Å²) in [6.07, 6.45) is 7.42. The maximum Gasteiger partial charge on any atom is 0.240 e. The molecule has 1 aliphatic carbocycles. The molecule has 0 spiro atoms. The van der Waals surface area contributed by atoms with Crippen molar-refractivity contribution >= 4 is 15.7 Å². The van der Waals surface area contributed by atoms with Crippen LogP contribution in [0.4, 0.5) is 5.69 Å². The van der Waals surface area contributed by atoms with E-state index < -0.39 is 10.0 Å². The van der Waals surface area contributed by atoms with E-state index in [0.717, 1.165) is 31.2 Å². The lowest BCUT2D eigenvalue weighted by atomic mass is 10.0. The first-order valence-corrected chi connectivity index (χ1v) is 8.07. The number of anilines is 1. The fourth-order valence-corrected chi connectivity index (χ4v) is 3.57. The topological polar surface area (TPSA) is 72.2 Å². The summed E-state index contributed by atoms with van der Waals surface area (Å²) in [5, 5.41) is 0. The first-order valence-electron chi connectivity index (χ1n) is 6.58. The minimum absolute atomic E-state index is 0.0120. The van der Waals surface area contributed by atoms with E-state index in [0.29, 0.717) is 5.69 Å². The van der Waals surface area contributed by atoms with Crippen molar-refractivity contribution in [2.45, 2.75) is 43.5 Å². The standard InChI is InChI=1S/C14H20N2O2S/c1-2-11-8-9-13(10-14(11)15)19(17,18)16-12-6-4-3-5-7-12/h3-4,8-10,12,16H,2,5-7,15H2,1H3. The molecule has 0 bridgehead atoms. The zero-order valence-corrected chi connectivity index (χ0v) is 11.9. The molecule has 0 heterocycles. The molecular formula is C14H20N2O2S. The monoisotopic (exact) mass is 280 g/mol. The molecule has 3 N–H and O–H groups in total. The van der Waals surface area contributed by atoms with Crippen LogP contribution in [0.1, 0.15) is 31.7 Å². The molecule has 0 saturated heterocycles. The number of hydrogen-bond donors (Lipinski definition) is 2. The number of sulfonamides is 1. The molecule has 0 aliphatic heterocycles. The predicted molar refractivity (Wildman–Crippen MR) is 77.3 cm³/mol. The molecule has 1 aromatic rings. The molecule has 1 atom stereocenters. The van der Waals surface area contributed by atoms with Crippen LogP contribution in [0.2, 0.25) is 0 Å². The predicted octanol–water partition coefficient (Wildman–Crippen LogP) is 2.22. The third-order valence-electron chi connectivity index (χ3n) is 3.40. The Bertz CT molecular complexity index is 579. The second-order valence-electron chi connectivity index (χ2n) is 4.82. The van der Waals surface area contributed by atoms with Gasteiger partial charge in [0.05, 0.1) is 4.90 Å². The van der Waals surface area contributed by atoms with Gasteiger partial charge in [-0.1, -0.05) is 25.1 Å². The first kappa shape index (κ1) is 14.1. The maximum atomic E-state index is 12.3. The third kappa shape index (κ3) is 3.36. The summed E-state index contributed by atoms with van der Waals surface area (Å²) < 4.78 is 27.3. The summed E-state index contributed by atoms with van der Waals surface area (Å²) in [5.74, 6) is 0. The van der Waals surface area contributed by atoms with Crippen molar-refractivity contribution in [1.29, 1.82) is 0 Å². The minimum Gasteiger partial charge on any atom is -0.398 e. The van der Waals surface area contributed by atoms with Crippen molar-refractivity contribution in [3.63, 3.8) is 0 Å². The Hall–Kier alpha value is -1.33. The van der Waals surface area contributed by atoms with Crippen LogP contribution in [0.25, 0.3) is 0 Å². The van der Waals surface area contributed by atoms with Crippen LogP contribution >= 0.6 is 0 Å². The van der Waals surface area contributed by atoms with Crippen LogP contribution in [0.15, 0.2) is 35.2 Å². The Kier molecular flexibility index (Phi) is 4.27. The second-order valence-corrected chi connectivity index (χ2v) is 6.53. The zero-order chi connectivity index (χ0) is 13.9. The summed E-state index contributed by atoms with van der Waals surface area (Å²) in [4.78, 5) is 0.247. The molecule has 0 aromatic heterocycles. The Balaban J connectivity index is 2.19. The van der Waals surface area contributed by atoms with E-state index in [1.807, 2.05) is 13.0 Å². The molecule has 1 aliphatic rings. The number of nitrogens with two attached hydrogens (primary N) is 1. The van der Waals surface area contributed by atoms with Crippen LogP contribution in [0, 0.1) is 0 Å². The van der Waals surface area contributed by atoms with E-state index in [4.69, 9.17) is 5.73 Å². The van der Waals surface area contributed by atoms with Crippen molar-refractivity contribution in [2.24, 2.45) is 0 Å². The molecule has 0 saturated carbocycles. The summed E-state index contributed by atoms with van der Waals surface area (Å²) in [7, 11) is -3.47. The van der Waals surface area contributed by atoms with E-state index in [-0.39, 0.29) is 10.9 Å². The molecule has 5 heteroatoms.